The Bertz CT molecular complexity index is 689. The van der Waals surface area contributed by atoms with Gasteiger partial charge in [-0.3, -0.25) is 10.1 Å². The smallest absolute Gasteiger partial charge is 0.262 e. The minimum absolute atomic E-state index is 0.0183. The van der Waals surface area contributed by atoms with Gasteiger partial charge in [0.15, 0.2) is 9.84 Å². The number of hydrogen-bond acceptors (Lipinski definition) is 3. The molecule has 23 heavy (non-hydrogen) atoms. The van der Waals surface area contributed by atoms with E-state index in [0.717, 1.165) is 5.56 Å². The maximum absolute atomic E-state index is 12.4. The summed E-state index contributed by atoms with van der Waals surface area (Å²) in [6.07, 6.45) is -0.405. The molecule has 0 aliphatic carbocycles. The summed E-state index contributed by atoms with van der Waals surface area (Å²) in [6, 6.07) is 6.83. The number of rotatable bonds is 4. The highest BCUT2D eigenvalue weighted by Gasteiger charge is 2.42. The van der Waals surface area contributed by atoms with Crippen LogP contribution in [0.25, 0.3) is 0 Å². The quantitative estimate of drug-likeness (QED) is 0.588. The molecular formula is C14H18Cl3N2O3S+. The van der Waals surface area contributed by atoms with Crippen LogP contribution in [0.5, 0.6) is 0 Å². The van der Waals surface area contributed by atoms with Crippen LogP contribution < -0.4 is 10.6 Å². The molecule has 1 amide bonds. The van der Waals surface area contributed by atoms with E-state index in [1.165, 1.54) is 0 Å². The fourth-order valence-corrected chi connectivity index (χ4v) is 4.67. The highest BCUT2D eigenvalue weighted by atomic mass is 35.6. The molecule has 0 bridgehead atoms. The van der Waals surface area contributed by atoms with Crippen LogP contribution >= 0.6 is 34.8 Å². The first-order chi connectivity index (χ1) is 10.6. The molecule has 1 saturated heterocycles. The van der Waals surface area contributed by atoms with Crippen LogP contribution in [0.3, 0.4) is 0 Å². The molecule has 2 atom stereocenters. The van der Waals surface area contributed by atoms with Crippen molar-refractivity contribution in [2.75, 3.05) is 11.5 Å². The number of quaternary nitrogens is 1. The van der Waals surface area contributed by atoms with Crippen molar-refractivity contribution in [2.24, 2.45) is 0 Å². The Morgan fingerprint density at radius 2 is 2.00 bits per heavy atom. The van der Waals surface area contributed by atoms with Crippen molar-refractivity contribution >= 4 is 50.5 Å². The largest absolute Gasteiger partial charge is 0.320 e. The van der Waals surface area contributed by atoms with E-state index in [0.29, 0.717) is 12.0 Å². The van der Waals surface area contributed by atoms with Crippen LogP contribution in [-0.4, -0.2) is 41.8 Å². The van der Waals surface area contributed by atoms with Gasteiger partial charge < -0.3 is 5.32 Å². The summed E-state index contributed by atoms with van der Waals surface area (Å²) in [7, 11) is -3.05. The number of amides is 1. The van der Waals surface area contributed by atoms with Crippen molar-refractivity contribution in [2.45, 2.75) is 29.3 Å². The molecule has 1 aliphatic heterocycles. The van der Waals surface area contributed by atoms with Gasteiger partial charge in [-0.2, -0.15) is 0 Å². The number of nitrogens with one attached hydrogen (secondary N) is 1. The molecule has 1 aliphatic rings. The van der Waals surface area contributed by atoms with E-state index in [1.54, 1.807) is 17.4 Å². The molecule has 0 aromatic heterocycles. The van der Waals surface area contributed by atoms with E-state index >= 15 is 0 Å². The third kappa shape index (κ3) is 5.22. The average molecular weight is 401 g/mol. The number of carbonyl (C=O) groups is 1. The van der Waals surface area contributed by atoms with E-state index in [2.05, 4.69) is 5.32 Å². The standard InChI is InChI=1S/C14H17Cl3N2O3S/c1-9-4-2-3-5-11(9)12(20)19-13(14(15,16)17)18-10-6-7-23(21,22)8-10/h2-5,10,13,18H,6-8H2,1H3,(H,19,20)/p+1/t10-,13-/m1/s1. The van der Waals surface area contributed by atoms with Crippen molar-refractivity contribution in [3.8, 4) is 0 Å². The molecule has 2 rings (SSSR count). The number of carbonyl (C=O) groups excluding carboxylic acids is 1. The van der Waals surface area contributed by atoms with Crippen molar-refractivity contribution in [1.29, 1.82) is 0 Å². The number of alkyl halides is 3. The minimum atomic E-state index is -3.05. The lowest BCUT2D eigenvalue weighted by molar-refractivity contribution is -0.719. The lowest BCUT2D eigenvalue weighted by Gasteiger charge is -2.26. The topological polar surface area (TPSA) is 79.8 Å². The lowest BCUT2D eigenvalue weighted by Crippen LogP contribution is -3.00. The molecule has 1 aromatic rings. The Morgan fingerprint density at radius 3 is 2.52 bits per heavy atom. The van der Waals surface area contributed by atoms with E-state index in [9.17, 15) is 13.2 Å². The highest BCUT2D eigenvalue weighted by Crippen LogP contribution is 2.28. The lowest BCUT2D eigenvalue weighted by atomic mass is 10.1. The summed E-state index contributed by atoms with van der Waals surface area (Å²) in [5.41, 5.74) is 1.29. The Hall–Kier alpha value is -0.530. The molecule has 3 N–H and O–H groups in total. The van der Waals surface area contributed by atoms with Gasteiger partial charge in [0.25, 0.3) is 9.70 Å². The maximum Gasteiger partial charge on any atom is 0.262 e. The first-order valence-corrected chi connectivity index (χ1v) is 10.0. The van der Waals surface area contributed by atoms with Gasteiger partial charge in [0.05, 0.1) is 5.75 Å². The van der Waals surface area contributed by atoms with Crippen molar-refractivity contribution < 1.29 is 18.5 Å². The van der Waals surface area contributed by atoms with Crippen LogP contribution in [-0.2, 0) is 9.84 Å². The summed E-state index contributed by atoms with van der Waals surface area (Å²) in [4.78, 5) is 12.4. The molecule has 1 aromatic carbocycles. The number of halogens is 3. The molecule has 9 heteroatoms. The summed E-state index contributed by atoms with van der Waals surface area (Å²) in [6.45, 7) is 1.81. The zero-order valence-electron chi connectivity index (χ0n) is 12.4. The fourth-order valence-electron chi connectivity index (χ4n) is 2.53. The SMILES string of the molecule is Cc1ccccc1C(=O)N[C@@H]([NH2+][C@@H]1CCS(=O)(=O)C1)C(Cl)(Cl)Cl. The molecule has 5 nitrogen and oxygen atoms in total. The second kappa shape index (κ2) is 7.15. The second-order valence-electron chi connectivity index (χ2n) is 5.66. The van der Waals surface area contributed by atoms with E-state index < -0.39 is 19.8 Å². The summed E-state index contributed by atoms with van der Waals surface area (Å²) >= 11 is 17.9. The van der Waals surface area contributed by atoms with Gasteiger partial charge in [0.1, 0.15) is 11.8 Å². The van der Waals surface area contributed by atoms with Crippen LogP contribution in [0.4, 0.5) is 0 Å². The first-order valence-electron chi connectivity index (χ1n) is 7.07. The van der Waals surface area contributed by atoms with Gasteiger partial charge in [-0.25, -0.2) is 8.42 Å². The average Bonchev–Trinajstić information content (AvgIpc) is 2.76. The van der Waals surface area contributed by atoms with Gasteiger partial charge in [0, 0.05) is 12.0 Å². The summed E-state index contributed by atoms with van der Waals surface area (Å²) in [5, 5.41) is 4.30. The van der Waals surface area contributed by atoms with Gasteiger partial charge in [-0.05, 0) is 18.6 Å². The minimum Gasteiger partial charge on any atom is -0.320 e. The van der Waals surface area contributed by atoms with Crippen LogP contribution in [0.1, 0.15) is 22.3 Å². The van der Waals surface area contributed by atoms with Crippen LogP contribution in [0.15, 0.2) is 24.3 Å². The monoisotopic (exact) mass is 399 g/mol. The first kappa shape index (κ1) is 18.8. The van der Waals surface area contributed by atoms with E-state index in [1.807, 2.05) is 19.1 Å². The zero-order valence-corrected chi connectivity index (χ0v) is 15.5. The Kier molecular flexibility index (Phi) is 5.85. The molecule has 0 unspecified atom stereocenters. The molecule has 0 saturated carbocycles. The summed E-state index contributed by atoms with van der Waals surface area (Å²) < 4.78 is 21.3. The van der Waals surface area contributed by atoms with Crippen LogP contribution in [0, 0.1) is 6.92 Å². The molecule has 0 spiro atoms. The van der Waals surface area contributed by atoms with E-state index in [4.69, 9.17) is 34.8 Å². The number of benzene rings is 1. The molecule has 0 radical (unpaired) electrons. The van der Waals surface area contributed by atoms with Crippen molar-refractivity contribution in [1.82, 2.24) is 5.32 Å². The summed E-state index contributed by atoms with van der Waals surface area (Å²) in [5.74, 6) is -0.228. The van der Waals surface area contributed by atoms with Crippen LogP contribution in [0.2, 0.25) is 0 Å². The third-order valence-corrected chi connectivity index (χ3v) is 6.26. The zero-order chi connectivity index (χ0) is 17.3. The molecule has 1 fully saturated rings. The van der Waals surface area contributed by atoms with Gasteiger partial charge in [0.2, 0.25) is 6.17 Å². The van der Waals surface area contributed by atoms with Gasteiger partial charge in [-0.15, -0.1) is 0 Å². The van der Waals surface area contributed by atoms with Crippen molar-refractivity contribution in [3.05, 3.63) is 35.4 Å². The highest BCUT2D eigenvalue weighted by molar-refractivity contribution is 7.91. The Morgan fingerprint density at radius 1 is 1.35 bits per heavy atom. The van der Waals surface area contributed by atoms with Crippen molar-refractivity contribution in [3.63, 3.8) is 0 Å². The van der Waals surface area contributed by atoms with E-state index in [-0.39, 0.29) is 23.5 Å². The number of aryl methyl sites for hydroxylation is 1. The second-order valence-corrected chi connectivity index (χ2v) is 10.3. The Labute approximate surface area is 150 Å². The number of sulfone groups is 1. The Balaban J connectivity index is 2.11. The predicted molar refractivity (Wildman–Crippen MR) is 91.7 cm³/mol. The third-order valence-electron chi connectivity index (χ3n) is 3.76. The molecular weight excluding hydrogens is 383 g/mol. The van der Waals surface area contributed by atoms with Gasteiger partial charge >= 0.3 is 0 Å². The van der Waals surface area contributed by atoms with Gasteiger partial charge in [-0.1, -0.05) is 53.0 Å². The number of hydrogen-bond donors (Lipinski definition) is 2. The molecule has 1 heterocycles. The maximum atomic E-state index is 12.4. The predicted octanol–water partition coefficient (Wildman–Crippen LogP) is 1.17. The fraction of sp³-hybridized carbons (Fsp3) is 0.500. The number of nitrogens with two attached hydrogens (primary N) is 1. The molecule has 128 valence electrons. The normalized spacial score (nSPS) is 21.8.